The highest BCUT2D eigenvalue weighted by molar-refractivity contribution is 5.71. The van der Waals surface area contributed by atoms with Gasteiger partial charge in [0, 0.05) is 18.6 Å². The first kappa shape index (κ1) is 11.9. The molecule has 1 aliphatic carbocycles. The Labute approximate surface area is 96.6 Å². The van der Waals surface area contributed by atoms with E-state index in [2.05, 4.69) is 18.7 Å². The molecule has 0 amide bonds. The van der Waals surface area contributed by atoms with Crippen molar-refractivity contribution >= 4 is 5.97 Å². The number of hydrogen-bond acceptors (Lipinski definition) is 3. The molecular formula is C12H21NO3. The molecule has 0 bridgehead atoms. The summed E-state index contributed by atoms with van der Waals surface area (Å²) in [5.41, 5.74) is 0. The maximum Gasteiger partial charge on any atom is 0.308 e. The first-order valence-electron chi connectivity index (χ1n) is 6.19. The fraction of sp³-hybridized carbons (Fsp3) is 0.917. The standard InChI is InChI=1S/C12H21NO3/c1-8-7-16-9(2)6-13(8)11-5-3-4-10(11)12(14)15/h8-11H,3-7H2,1-2H3,(H,14,15). The molecule has 16 heavy (non-hydrogen) atoms. The fourth-order valence-corrected chi connectivity index (χ4v) is 3.02. The van der Waals surface area contributed by atoms with Crippen LogP contribution in [0.4, 0.5) is 0 Å². The van der Waals surface area contributed by atoms with Gasteiger partial charge in [-0.05, 0) is 26.7 Å². The molecule has 1 aliphatic heterocycles. The van der Waals surface area contributed by atoms with E-state index in [4.69, 9.17) is 4.74 Å². The second-order valence-electron chi connectivity index (χ2n) is 5.13. The molecule has 4 unspecified atom stereocenters. The highest BCUT2D eigenvalue weighted by Gasteiger charge is 2.40. The molecule has 0 aromatic heterocycles. The average molecular weight is 227 g/mol. The van der Waals surface area contributed by atoms with Crippen LogP contribution in [0.3, 0.4) is 0 Å². The lowest BCUT2D eigenvalue weighted by atomic mass is 9.99. The van der Waals surface area contributed by atoms with Crippen LogP contribution in [0.25, 0.3) is 0 Å². The van der Waals surface area contributed by atoms with Crippen LogP contribution in [0.5, 0.6) is 0 Å². The van der Waals surface area contributed by atoms with Crippen LogP contribution >= 0.6 is 0 Å². The van der Waals surface area contributed by atoms with Crippen LogP contribution in [0.15, 0.2) is 0 Å². The van der Waals surface area contributed by atoms with Gasteiger partial charge in [-0.25, -0.2) is 0 Å². The van der Waals surface area contributed by atoms with E-state index < -0.39 is 5.97 Å². The second-order valence-corrected chi connectivity index (χ2v) is 5.13. The van der Waals surface area contributed by atoms with Gasteiger partial charge < -0.3 is 9.84 Å². The number of carboxylic acids is 1. The molecule has 1 heterocycles. The zero-order valence-corrected chi connectivity index (χ0v) is 10.1. The van der Waals surface area contributed by atoms with Crippen LogP contribution in [0.1, 0.15) is 33.1 Å². The van der Waals surface area contributed by atoms with E-state index >= 15 is 0 Å². The van der Waals surface area contributed by atoms with Gasteiger partial charge in [-0.1, -0.05) is 6.42 Å². The van der Waals surface area contributed by atoms with E-state index in [1.165, 1.54) is 0 Å². The summed E-state index contributed by atoms with van der Waals surface area (Å²) in [6, 6.07) is 0.569. The van der Waals surface area contributed by atoms with Gasteiger partial charge in [0.05, 0.1) is 18.6 Å². The van der Waals surface area contributed by atoms with Crippen molar-refractivity contribution in [2.75, 3.05) is 13.2 Å². The van der Waals surface area contributed by atoms with E-state index in [-0.39, 0.29) is 18.1 Å². The van der Waals surface area contributed by atoms with Gasteiger partial charge in [0.1, 0.15) is 0 Å². The first-order valence-corrected chi connectivity index (χ1v) is 6.19. The SMILES string of the molecule is CC1CN(C2CCCC2C(=O)O)C(C)CO1. The molecule has 2 aliphatic rings. The molecular weight excluding hydrogens is 206 g/mol. The molecule has 4 atom stereocenters. The molecule has 2 fully saturated rings. The van der Waals surface area contributed by atoms with Gasteiger partial charge in [-0.15, -0.1) is 0 Å². The Morgan fingerprint density at radius 2 is 2.12 bits per heavy atom. The summed E-state index contributed by atoms with van der Waals surface area (Å²) in [7, 11) is 0. The molecule has 1 N–H and O–H groups in total. The van der Waals surface area contributed by atoms with Gasteiger partial charge >= 0.3 is 5.97 Å². The lowest BCUT2D eigenvalue weighted by Crippen LogP contribution is -2.54. The number of carbonyl (C=O) groups is 1. The molecule has 0 radical (unpaired) electrons. The monoisotopic (exact) mass is 227 g/mol. The van der Waals surface area contributed by atoms with Crippen LogP contribution in [0.2, 0.25) is 0 Å². The normalized spacial score (nSPS) is 41.1. The predicted molar refractivity (Wildman–Crippen MR) is 60.3 cm³/mol. The summed E-state index contributed by atoms with van der Waals surface area (Å²) in [5.74, 6) is -0.804. The Morgan fingerprint density at radius 1 is 1.38 bits per heavy atom. The molecule has 0 aromatic carbocycles. The molecule has 4 nitrogen and oxygen atoms in total. The zero-order valence-electron chi connectivity index (χ0n) is 10.1. The molecule has 92 valence electrons. The Kier molecular flexibility index (Phi) is 3.50. The van der Waals surface area contributed by atoms with Crippen molar-refractivity contribution in [3.63, 3.8) is 0 Å². The Bertz CT molecular complexity index is 269. The lowest BCUT2D eigenvalue weighted by Gasteiger charge is -2.42. The molecule has 1 saturated carbocycles. The van der Waals surface area contributed by atoms with E-state index in [1.54, 1.807) is 0 Å². The van der Waals surface area contributed by atoms with Gasteiger partial charge in [0.25, 0.3) is 0 Å². The third-order valence-corrected chi connectivity index (χ3v) is 3.88. The summed E-state index contributed by atoms with van der Waals surface area (Å²) in [5, 5.41) is 9.21. The summed E-state index contributed by atoms with van der Waals surface area (Å²) >= 11 is 0. The highest BCUT2D eigenvalue weighted by Crippen LogP contribution is 2.32. The van der Waals surface area contributed by atoms with Crippen molar-refractivity contribution < 1.29 is 14.6 Å². The van der Waals surface area contributed by atoms with E-state index in [9.17, 15) is 9.90 Å². The largest absolute Gasteiger partial charge is 0.481 e. The summed E-state index contributed by atoms with van der Waals surface area (Å²) in [4.78, 5) is 13.5. The molecule has 1 saturated heterocycles. The maximum absolute atomic E-state index is 11.2. The van der Waals surface area contributed by atoms with Gasteiger partial charge in [0.2, 0.25) is 0 Å². The topological polar surface area (TPSA) is 49.8 Å². The number of carboxylic acid groups (broad SMARTS) is 1. The maximum atomic E-state index is 11.2. The van der Waals surface area contributed by atoms with E-state index in [0.717, 1.165) is 32.4 Å². The second kappa shape index (κ2) is 4.72. The smallest absolute Gasteiger partial charge is 0.308 e. The summed E-state index contributed by atoms with van der Waals surface area (Å²) < 4.78 is 5.59. The third kappa shape index (κ3) is 2.23. The Balaban J connectivity index is 2.07. The summed E-state index contributed by atoms with van der Waals surface area (Å²) in [6.45, 7) is 5.78. The third-order valence-electron chi connectivity index (χ3n) is 3.88. The lowest BCUT2D eigenvalue weighted by molar-refractivity contribution is -0.145. The molecule has 2 rings (SSSR count). The number of aliphatic carboxylic acids is 1. The quantitative estimate of drug-likeness (QED) is 0.773. The fourth-order valence-electron chi connectivity index (χ4n) is 3.02. The first-order chi connectivity index (χ1) is 7.59. The molecule has 0 spiro atoms. The van der Waals surface area contributed by atoms with Crippen molar-refractivity contribution in [2.45, 2.75) is 51.3 Å². The van der Waals surface area contributed by atoms with Crippen molar-refractivity contribution in [3.05, 3.63) is 0 Å². The number of nitrogens with zero attached hydrogens (tertiary/aromatic N) is 1. The minimum Gasteiger partial charge on any atom is -0.481 e. The van der Waals surface area contributed by atoms with E-state index in [0.29, 0.717) is 6.04 Å². The van der Waals surface area contributed by atoms with Crippen LogP contribution in [0, 0.1) is 5.92 Å². The van der Waals surface area contributed by atoms with Crippen LogP contribution < -0.4 is 0 Å². The van der Waals surface area contributed by atoms with Crippen molar-refractivity contribution in [1.29, 1.82) is 0 Å². The van der Waals surface area contributed by atoms with Crippen molar-refractivity contribution in [1.82, 2.24) is 4.90 Å². The molecule has 4 heteroatoms. The number of ether oxygens (including phenoxy) is 1. The van der Waals surface area contributed by atoms with Gasteiger partial charge in [0.15, 0.2) is 0 Å². The number of rotatable bonds is 2. The highest BCUT2D eigenvalue weighted by atomic mass is 16.5. The summed E-state index contributed by atoms with van der Waals surface area (Å²) in [6.07, 6.45) is 3.12. The Morgan fingerprint density at radius 3 is 2.81 bits per heavy atom. The predicted octanol–water partition coefficient (Wildman–Crippen LogP) is 1.35. The minimum absolute atomic E-state index is 0.173. The van der Waals surface area contributed by atoms with Crippen molar-refractivity contribution in [3.8, 4) is 0 Å². The zero-order chi connectivity index (χ0) is 11.7. The Hall–Kier alpha value is -0.610. The number of hydrogen-bond donors (Lipinski definition) is 1. The van der Waals surface area contributed by atoms with Crippen LogP contribution in [-0.4, -0.2) is 47.3 Å². The van der Waals surface area contributed by atoms with Crippen molar-refractivity contribution in [2.24, 2.45) is 5.92 Å². The number of morpholine rings is 1. The van der Waals surface area contributed by atoms with Crippen LogP contribution in [-0.2, 0) is 9.53 Å². The average Bonchev–Trinajstić information content (AvgIpc) is 2.70. The minimum atomic E-state index is -0.631. The van der Waals surface area contributed by atoms with Gasteiger partial charge in [-0.2, -0.15) is 0 Å². The van der Waals surface area contributed by atoms with Gasteiger partial charge in [-0.3, -0.25) is 9.69 Å². The van der Waals surface area contributed by atoms with E-state index in [1.807, 2.05) is 0 Å². The molecule has 0 aromatic rings.